The number of carboxylic acid groups (broad SMARTS) is 1. The Bertz CT molecular complexity index is 1120. The quantitative estimate of drug-likeness (QED) is 0.378. The summed E-state index contributed by atoms with van der Waals surface area (Å²) in [4.78, 5) is 40.4. The maximum Gasteiger partial charge on any atom is 0.335 e. The summed E-state index contributed by atoms with van der Waals surface area (Å²) < 4.78 is 5.49. The highest BCUT2D eigenvalue weighted by Gasteiger charge is 2.35. The van der Waals surface area contributed by atoms with Gasteiger partial charge in [-0.25, -0.2) is 4.79 Å². The van der Waals surface area contributed by atoms with E-state index in [1.807, 2.05) is 26.0 Å². The van der Waals surface area contributed by atoms with E-state index in [-0.39, 0.29) is 21.9 Å². The monoisotopic (exact) mass is 453 g/mol. The summed E-state index contributed by atoms with van der Waals surface area (Å²) >= 11 is 5.18. The molecule has 0 bridgehead atoms. The predicted octanol–water partition coefficient (Wildman–Crippen LogP) is 3.07. The van der Waals surface area contributed by atoms with Crippen LogP contribution in [0, 0.1) is 0 Å². The van der Waals surface area contributed by atoms with Crippen LogP contribution in [-0.4, -0.2) is 48.2 Å². The third-order valence-corrected chi connectivity index (χ3v) is 5.38. The van der Waals surface area contributed by atoms with Gasteiger partial charge < -0.3 is 14.7 Å². The minimum absolute atomic E-state index is 0.00538. The third kappa shape index (κ3) is 4.47. The smallest absolute Gasteiger partial charge is 0.335 e. The first-order valence-electron chi connectivity index (χ1n) is 9.98. The zero-order valence-corrected chi connectivity index (χ0v) is 18.7. The van der Waals surface area contributed by atoms with Crippen molar-refractivity contribution in [1.82, 2.24) is 5.32 Å². The van der Waals surface area contributed by atoms with Crippen LogP contribution in [0.25, 0.3) is 6.08 Å². The topological polar surface area (TPSA) is 99.2 Å². The second kappa shape index (κ2) is 9.61. The van der Waals surface area contributed by atoms with Crippen LogP contribution in [0.2, 0.25) is 0 Å². The molecular weight excluding hydrogens is 430 g/mol. The van der Waals surface area contributed by atoms with Crippen molar-refractivity contribution in [3.8, 4) is 5.75 Å². The van der Waals surface area contributed by atoms with E-state index in [1.165, 1.54) is 31.4 Å². The molecule has 2 amide bonds. The van der Waals surface area contributed by atoms with Crippen molar-refractivity contribution in [2.24, 2.45) is 0 Å². The van der Waals surface area contributed by atoms with Crippen LogP contribution in [0.5, 0.6) is 5.75 Å². The number of methoxy groups -OCH3 is 1. The van der Waals surface area contributed by atoms with Crippen LogP contribution >= 0.6 is 12.2 Å². The highest BCUT2D eigenvalue weighted by Crippen LogP contribution is 2.29. The number of nitrogens with one attached hydrogen (secondary N) is 1. The van der Waals surface area contributed by atoms with Gasteiger partial charge in [0.1, 0.15) is 11.3 Å². The van der Waals surface area contributed by atoms with Gasteiger partial charge in [-0.3, -0.25) is 19.8 Å². The van der Waals surface area contributed by atoms with Crippen LogP contribution in [0.4, 0.5) is 11.4 Å². The van der Waals surface area contributed by atoms with Crippen LogP contribution in [-0.2, 0) is 9.59 Å². The number of ether oxygens (including phenoxy) is 1. The minimum atomic E-state index is -1.14. The lowest BCUT2D eigenvalue weighted by atomic mass is 10.0. The Morgan fingerprint density at radius 1 is 1.19 bits per heavy atom. The van der Waals surface area contributed by atoms with E-state index < -0.39 is 17.8 Å². The number of aromatic carboxylic acids is 1. The van der Waals surface area contributed by atoms with Crippen LogP contribution < -0.4 is 19.9 Å². The highest BCUT2D eigenvalue weighted by atomic mass is 32.1. The fraction of sp³-hybridized carbons (Fsp3) is 0.217. The third-order valence-electron chi connectivity index (χ3n) is 5.10. The summed E-state index contributed by atoms with van der Waals surface area (Å²) in [6, 6.07) is 11.3. The molecule has 0 aliphatic carbocycles. The number of carbonyl (C=O) groups excluding carboxylic acids is 2. The zero-order valence-electron chi connectivity index (χ0n) is 17.9. The summed E-state index contributed by atoms with van der Waals surface area (Å²) in [7, 11) is 1.52. The molecule has 1 heterocycles. The molecule has 0 atom stereocenters. The van der Waals surface area contributed by atoms with E-state index >= 15 is 0 Å². The van der Waals surface area contributed by atoms with Crippen molar-refractivity contribution < 1.29 is 24.2 Å². The number of rotatable bonds is 7. The Morgan fingerprint density at radius 2 is 1.91 bits per heavy atom. The molecule has 1 saturated heterocycles. The number of anilines is 2. The van der Waals surface area contributed by atoms with Gasteiger partial charge in [-0.1, -0.05) is 6.07 Å². The van der Waals surface area contributed by atoms with Crippen molar-refractivity contribution >= 4 is 52.6 Å². The van der Waals surface area contributed by atoms with Gasteiger partial charge in [-0.15, -0.1) is 0 Å². The minimum Gasteiger partial charge on any atom is -0.496 e. The van der Waals surface area contributed by atoms with Crippen molar-refractivity contribution in [3.05, 3.63) is 59.2 Å². The zero-order chi connectivity index (χ0) is 23.4. The number of carboxylic acids is 1. The van der Waals surface area contributed by atoms with Crippen LogP contribution in [0.3, 0.4) is 0 Å². The largest absolute Gasteiger partial charge is 0.496 e. The average molecular weight is 454 g/mol. The lowest BCUT2D eigenvalue weighted by molar-refractivity contribution is -0.122. The number of amides is 2. The molecule has 2 N–H and O–H groups in total. The normalized spacial score (nSPS) is 15.0. The Balaban J connectivity index is 2.03. The van der Waals surface area contributed by atoms with E-state index in [4.69, 9.17) is 17.0 Å². The van der Waals surface area contributed by atoms with Crippen molar-refractivity contribution in [2.75, 3.05) is 30.0 Å². The van der Waals surface area contributed by atoms with E-state index in [0.717, 1.165) is 23.7 Å². The molecule has 32 heavy (non-hydrogen) atoms. The van der Waals surface area contributed by atoms with E-state index in [1.54, 1.807) is 12.1 Å². The highest BCUT2D eigenvalue weighted by molar-refractivity contribution is 7.80. The van der Waals surface area contributed by atoms with E-state index in [9.17, 15) is 19.5 Å². The molecule has 3 rings (SSSR count). The maximum absolute atomic E-state index is 13.2. The standard InChI is InChI=1S/C23H23N3O5S/c1-4-25(5-2)16-10-9-14(19(13-16)31-3)12-18-20(27)24-23(32)26(21(18)28)17-8-6-7-15(11-17)22(29)30/h6-13H,4-5H2,1-3H3,(H,29,30)(H,24,27,32). The number of benzene rings is 2. The van der Waals surface area contributed by atoms with Crippen molar-refractivity contribution in [3.63, 3.8) is 0 Å². The van der Waals surface area contributed by atoms with Crippen molar-refractivity contribution in [2.45, 2.75) is 13.8 Å². The number of carbonyl (C=O) groups is 3. The first-order valence-corrected chi connectivity index (χ1v) is 10.4. The van der Waals surface area contributed by atoms with Gasteiger partial charge in [0.25, 0.3) is 11.8 Å². The molecular formula is C23H23N3O5S. The molecule has 9 heteroatoms. The van der Waals surface area contributed by atoms with Gasteiger partial charge in [-0.2, -0.15) is 0 Å². The summed E-state index contributed by atoms with van der Waals surface area (Å²) in [6.07, 6.45) is 1.44. The molecule has 2 aromatic carbocycles. The lowest BCUT2D eigenvalue weighted by Gasteiger charge is -2.29. The first-order chi connectivity index (χ1) is 15.3. The Morgan fingerprint density at radius 3 is 2.53 bits per heavy atom. The Labute approximate surface area is 191 Å². The second-order valence-electron chi connectivity index (χ2n) is 6.91. The molecule has 0 aromatic heterocycles. The molecule has 0 unspecified atom stereocenters. The molecule has 1 fully saturated rings. The molecule has 1 aliphatic heterocycles. The Hall–Kier alpha value is -3.72. The SMILES string of the molecule is CCN(CC)c1ccc(C=C2C(=O)NC(=S)N(c3cccc(C(=O)O)c3)C2=O)c(OC)c1. The fourth-order valence-electron chi connectivity index (χ4n) is 3.43. The summed E-state index contributed by atoms with van der Waals surface area (Å²) in [5, 5.41) is 11.6. The molecule has 0 spiro atoms. The van der Waals surface area contributed by atoms with Gasteiger partial charge >= 0.3 is 5.97 Å². The summed E-state index contributed by atoms with van der Waals surface area (Å²) in [5.74, 6) is -1.92. The number of hydrogen-bond donors (Lipinski definition) is 2. The summed E-state index contributed by atoms with van der Waals surface area (Å²) in [6.45, 7) is 5.74. The fourth-order valence-corrected chi connectivity index (χ4v) is 3.71. The molecule has 0 saturated carbocycles. The number of hydrogen-bond acceptors (Lipinski definition) is 6. The Kier molecular flexibility index (Phi) is 6.89. The average Bonchev–Trinajstić information content (AvgIpc) is 2.78. The lowest BCUT2D eigenvalue weighted by Crippen LogP contribution is -2.54. The van der Waals surface area contributed by atoms with Gasteiger partial charge in [0.05, 0.1) is 18.4 Å². The van der Waals surface area contributed by atoms with Crippen molar-refractivity contribution in [1.29, 1.82) is 0 Å². The molecule has 2 aromatic rings. The van der Waals surface area contributed by atoms with Gasteiger partial charge in [-0.05, 0) is 62.5 Å². The summed E-state index contributed by atoms with van der Waals surface area (Å²) in [5.41, 5.74) is 1.60. The van der Waals surface area contributed by atoms with E-state index in [2.05, 4.69) is 10.2 Å². The molecule has 8 nitrogen and oxygen atoms in total. The number of nitrogens with zero attached hydrogens (tertiary/aromatic N) is 2. The molecule has 0 radical (unpaired) electrons. The predicted molar refractivity (Wildman–Crippen MR) is 126 cm³/mol. The van der Waals surface area contributed by atoms with Gasteiger partial charge in [0.15, 0.2) is 5.11 Å². The first kappa shape index (κ1) is 23.0. The molecule has 1 aliphatic rings. The second-order valence-corrected chi connectivity index (χ2v) is 7.30. The maximum atomic E-state index is 13.2. The van der Waals surface area contributed by atoms with E-state index in [0.29, 0.717) is 11.3 Å². The van der Waals surface area contributed by atoms with Gasteiger partial charge in [0.2, 0.25) is 0 Å². The van der Waals surface area contributed by atoms with Crippen LogP contribution in [0.15, 0.2) is 48.0 Å². The van der Waals surface area contributed by atoms with Crippen LogP contribution in [0.1, 0.15) is 29.8 Å². The molecule has 166 valence electrons. The van der Waals surface area contributed by atoms with Gasteiger partial charge in [0, 0.05) is 30.4 Å². The number of thiocarbonyl (C=S) groups is 1.